The Hall–Kier alpha value is -1.50. The van der Waals surface area contributed by atoms with Crippen LogP contribution in [0.15, 0.2) is 0 Å². The van der Waals surface area contributed by atoms with E-state index in [9.17, 15) is 26.3 Å². The predicted molar refractivity (Wildman–Crippen MR) is 46.5 cm³/mol. The van der Waals surface area contributed by atoms with Crippen LogP contribution >= 0.6 is 11.6 Å². The number of aromatic nitrogens is 1. The van der Waals surface area contributed by atoms with E-state index >= 15 is 0 Å². The number of rotatable bonds is 0. The van der Waals surface area contributed by atoms with Crippen LogP contribution in [0.1, 0.15) is 0 Å². The van der Waals surface area contributed by atoms with E-state index in [1.54, 1.807) is 0 Å². The minimum atomic E-state index is -2.22. The lowest BCUT2D eigenvalue weighted by atomic mass is 10.1. The molecule has 0 amide bonds. The number of halogens is 7. The Balaban J connectivity index is 3.12. The Morgan fingerprint density at radius 1 is 0.706 bits per heavy atom. The van der Waals surface area contributed by atoms with Crippen molar-refractivity contribution >= 4 is 22.5 Å². The summed E-state index contributed by atoms with van der Waals surface area (Å²) < 4.78 is 78.0. The van der Waals surface area contributed by atoms with Crippen LogP contribution in [0, 0.1) is 35.0 Å². The SMILES string of the molecule is Fc1nc2c(F)c(F)c(F)c(F)c2c(F)c1Cl. The average Bonchev–Trinajstić information content (AvgIpc) is 2.30. The molecular formula is C9ClF6N. The maximum atomic E-state index is 13.3. The van der Waals surface area contributed by atoms with Crippen LogP contribution in [-0.2, 0) is 0 Å². The highest BCUT2D eigenvalue weighted by molar-refractivity contribution is 6.31. The van der Waals surface area contributed by atoms with Gasteiger partial charge in [0.15, 0.2) is 29.1 Å². The fourth-order valence-electron chi connectivity index (χ4n) is 1.27. The highest BCUT2D eigenvalue weighted by atomic mass is 35.5. The molecule has 90 valence electrons. The zero-order chi connectivity index (χ0) is 12.9. The molecule has 0 radical (unpaired) electrons. The van der Waals surface area contributed by atoms with Gasteiger partial charge in [0.1, 0.15) is 10.5 Å². The summed E-state index contributed by atoms with van der Waals surface area (Å²) in [5.41, 5.74) is -1.30. The van der Waals surface area contributed by atoms with E-state index < -0.39 is 51.0 Å². The Bertz CT molecular complexity index is 633. The standard InChI is InChI=1S/C9ClF6N/c10-2-3(11)1-4(12)5(13)6(14)7(15)8(1)17-9(2)16. The molecule has 2 aromatic rings. The molecule has 2 rings (SSSR count). The zero-order valence-electron chi connectivity index (χ0n) is 7.59. The van der Waals surface area contributed by atoms with Crippen molar-refractivity contribution in [2.24, 2.45) is 0 Å². The number of nitrogens with zero attached hydrogens (tertiary/aromatic N) is 1. The molecule has 0 saturated carbocycles. The lowest BCUT2D eigenvalue weighted by molar-refractivity contribution is 0.414. The molecule has 0 spiro atoms. The van der Waals surface area contributed by atoms with Crippen molar-refractivity contribution in [2.45, 2.75) is 0 Å². The Labute approximate surface area is 94.6 Å². The summed E-state index contributed by atoms with van der Waals surface area (Å²) in [6.07, 6.45) is 0. The minimum Gasteiger partial charge on any atom is -0.215 e. The summed E-state index contributed by atoms with van der Waals surface area (Å²) in [5.74, 6) is -11.8. The molecule has 1 aromatic carbocycles. The van der Waals surface area contributed by atoms with Crippen LogP contribution < -0.4 is 0 Å². The first-order chi connectivity index (χ1) is 7.86. The summed E-state index contributed by atoms with van der Waals surface area (Å²) in [4.78, 5) is 2.74. The molecule has 0 atom stereocenters. The first-order valence-corrected chi connectivity index (χ1v) is 4.40. The highest BCUT2D eigenvalue weighted by Crippen LogP contribution is 2.31. The molecular weight excluding hydrogens is 272 g/mol. The maximum absolute atomic E-state index is 13.3. The van der Waals surface area contributed by atoms with Crippen LogP contribution in [0.3, 0.4) is 0 Å². The number of fused-ring (bicyclic) bond motifs is 1. The van der Waals surface area contributed by atoms with Crippen LogP contribution in [0.4, 0.5) is 26.3 Å². The molecule has 8 heteroatoms. The van der Waals surface area contributed by atoms with E-state index in [1.807, 2.05) is 0 Å². The van der Waals surface area contributed by atoms with Crippen LogP contribution in [0.5, 0.6) is 0 Å². The average molecular weight is 272 g/mol. The second-order valence-electron chi connectivity index (χ2n) is 3.01. The van der Waals surface area contributed by atoms with Gasteiger partial charge in [0.25, 0.3) is 0 Å². The van der Waals surface area contributed by atoms with Crippen molar-refractivity contribution in [3.8, 4) is 0 Å². The van der Waals surface area contributed by atoms with Gasteiger partial charge in [-0.05, 0) is 0 Å². The van der Waals surface area contributed by atoms with E-state index in [2.05, 4.69) is 4.98 Å². The van der Waals surface area contributed by atoms with E-state index in [1.165, 1.54) is 0 Å². The van der Waals surface area contributed by atoms with Gasteiger partial charge >= 0.3 is 0 Å². The molecule has 0 fully saturated rings. The summed E-state index contributed by atoms with van der Waals surface area (Å²) in [7, 11) is 0. The van der Waals surface area contributed by atoms with Gasteiger partial charge in [0.05, 0.1) is 5.39 Å². The van der Waals surface area contributed by atoms with E-state index in [-0.39, 0.29) is 0 Å². The van der Waals surface area contributed by atoms with Crippen LogP contribution in [0.25, 0.3) is 10.9 Å². The third-order valence-corrected chi connectivity index (χ3v) is 2.37. The smallest absolute Gasteiger partial charge is 0.215 e. The van der Waals surface area contributed by atoms with Crippen LogP contribution in [0.2, 0.25) is 5.02 Å². The number of hydrogen-bond donors (Lipinski definition) is 0. The monoisotopic (exact) mass is 271 g/mol. The first-order valence-electron chi connectivity index (χ1n) is 4.02. The van der Waals surface area contributed by atoms with Gasteiger partial charge in [-0.25, -0.2) is 26.9 Å². The van der Waals surface area contributed by atoms with Gasteiger partial charge in [-0.15, -0.1) is 0 Å². The molecule has 1 heterocycles. The quantitative estimate of drug-likeness (QED) is 0.308. The van der Waals surface area contributed by atoms with Crippen molar-refractivity contribution in [2.75, 3.05) is 0 Å². The molecule has 0 N–H and O–H groups in total. The minimum absolute atomic E-state index is 1.23. The van der Waals surface area contributed by atoms with Crippen molar-refractivity contribution < 1.29 is 26.3 Å². The van der Waals surface area contributed by atoms with Crippen molar-refractivity contribution in [1.29, 1.82) is 0 Å². The Kier molecular flexibility index (Phi) is 2.65. The predicted octanol–water partition coefficient (Wildman–Crippen LogP) is 3.72. The third-order valence-electron chi connectivity index (χ3n) is 2.05. The molecule has 0 aliphatic rings. The zero-order valence-corrected chi connectivity index (χ0v) is 8.35. The third kappa shape index (κ3) is 1.53. The lowest BCUT2D eigenvalue weighted by Gasteiger charge is -2.06. The second kappa shape index (κ2) is 3.76. The molecule has 0 saturated heterocycles. The molecule has 1 aromatic heterocycles. The van der Waals surface area contributed by atoms with Crippen molar-refractivity contribution in [3.05, 3.63) is 40.1 Å². The number of pyridine rings is 1. The van der Waals surface area contributed by atoms with Gasteiger partial charge in [-0.1, -0.05) is 11.6 Å². The first kappa shape index (κ1) is 12.0. The summed E-state index contributed by atoms with van der Waals surface area (Å²) in [6, 6.07) is 0. The summed E-state index contributed by atoms with van der Waals surface area (Å²) in [5, 5.41) is -2.57. The second-order valence-corrected chi connectivity index (χ2v) is 3.39. The highest BCUT2D eigenvalue weighted by Gasteiger charge is 2.26. The molecule has 17 heavy (non-hydrogen) atoms. The lowest BCUT2D eigenvalue weighted by Crippen LogP contribution is -2.03. The van der Waals surface area contributed by atoms with Gasteiger partial charge in [-0.3, -0.25) is 0 Å². The number of hydrogen-bond acceptors (Lipinski definition) is 1. The fourth-order valence-corrected chi connectivity index (χ4v) is 1.41. The molecule has 0 aliphatic carbocycles. The molecule has 0 unspecified atom stereocenters. The van der Waals surface area contributed by atoms with Gasteiger partial charge < -0.3 is 0 Å². The van der Waals surface area contributed by atoms with Gasteiger partial charge in [0.2, 0.25) is 5.95 Å². The largest absolute Gasteiger partial charge is 0.235 e. The molecule has 0 aliphatic heterocycles. The Morgan fingerprint density at radius 3 is 1.82 bits per heavy atom. The fraction of sp³-hybridized carbons (Fsp3) is 0. The normalized spacial score (nSPS) is 11.2. The van der Waals surface area contributed by atoms with Gasteiger partial charge in [0, 0.05) is 0 Å². The summed E-state index contributed by atoms with van der Waals surface area (Å²) >= 11 is 5.06. The topological polar surface area (TPSA) is 12.9 Å². The van der Waals surface area contributed by atoms with E-state index in [4.69, 9.17) is 11.6 Å². The van der Waals surface area contributed by atoms with E-state index in [0.29, 0.717) is 0 Å². The molecule has 0 bridgehead atoms. The van der Waals surface area contributed by atoms with Gasteiger partial charge in [-0.2, -0.15) is 4.39 Å². The Morgan fingerprint density at radius 2 is 1.24 bits per heavy atom. The number of benzene rings is 1. The maximum Gasteiger partial charge on any atom is 0.235 e. The molecule has 1 nitrogen and oxygen atoms in total. The summed E-state index contributed by atoms with van der Waals surface area (Å²) in [6.45, 7) is 0. The van der Waals surface area contributed by atoms with E-state index in [0.717, 1.165) is 0 Å². The van der Waals surface area contributed by atoms with Crippen LogP contribution in [-0.4, -0.2) is 4.98 Å². The van der Waals surface area contributed by atoms with Crippen molar-refractivity contribution in [1.82, 2.24) is 4.98 Å². The van der Waals surface area contributed by atoms with Crippen molar-refractivity contribution in [3.63, 3.8) is 0 Å².